The maximum absolute atomic E-state index is 13.7. The first kappa shape index (κ1) is 17.3. The topological polar surface area (TPSA) is 63.1 Å². The standard InChI is InChI=1S/C15H8F4N2.CH2O2/c16-12-8-9(3-4-11(12)15(17,18)19)14-10-2-1-6-20-13(10)5-7-21-14;2-1-3/h1-8H;1H,(H,2,3). The Labute approximate surface area is 133 Å². The zero-order valence-corrected chi connectivity index (χ0v) is 12.0. The molecule has 0 bridgehead atoms. The fraction of sp³-hybridized carbons (Fsp3) is 0.0625. The van der Waals surface area contributed by atoms with Crippen LogP contribution in [-0.2, 0) is 11.0 Å². The molecule has 2 heterocycles. The molecule has 0 fully saturated rings. The summed E-state index contributed by atoms with van der Waals surface area (Å²) in [5.41, 5.74) is 0.0275. The molecule has 0 aliphatic heterocycles. The lowest BCUT2D eigenvalue weighted by Crippen LogP contribution is -2.07. The van der Waals surface area contributed by atoms with E-state index in [9.17, 15) is 17.6 Å². The number of carbonyl (C=O) groups is 1. The van der Waals surface area contributed by atoms with Gasteiger partial charge in [-0.15, -0.1) is 0 Å². The molecular weight excluding hydrogens is 328 g/mol. The molecule has 4 nitrogen and oxygen atoms in total. The maximum atomic E-state index is 13.7. The Balaban J connectivity index is 0.000000647. The Bertz CT molecular complexity index is 861. The highest BCUT2D eigenvalue weighted by molar-refractivity contribution is 5.91. The quantitative estimate of drug-likeness (QED) is 0.535. The largest absolute Gasteiger partial charge is 0.483 e. The van der Waals surface area contributed by atoms with Crippen LogP contribution in [0.4, 0.5) is 17.6 Å². The number of alkyl halides is 3. The Kier molecular flexibility index (Phi) is 5.08. The number of benzene rings is 1. The van der Waals surface area contributed by atoms with E-state index in [1.54, 1.807) is 24.4 Å². The van der Waals surface area contributed by atoms with Crippen LogP contribution in [0.3, 0.4) is 0 Å². The normalized spacial score (nSPS) is 10.8. The molecule has 8 heteroatoms. The first-order chi connectivity index (χ1) is 11.4. The number of rotatable bonds is 1. The summed E-state index contributed by atoms with van der Waals surface area (Å²) in [5, 5.41) is 7.54. The molecule has 0 spiro atoms. The molecule has 0 amide bonds. The van der Waals surface area contributed by atoms with Crippen molar-refractivity contribution in [3.05, 3.63) is 60.2 Å². The van der Waals surface area contributed by atoms with Gasteiger partial charge >= 0.3 is 6.18 Å². The van der Waals surface area contributed by atoms with E-state index in [-0.39, 0.29) is 12.0 Å². The van der Waals surface area contributed by atoms with E-state index in [1.807, 2.05) is 0 Å². The van der Waals surface area contributed by atoms with Crippen molar-refractivity contribution in [2.45, 2.75) is 6.18 Å². The van der Waals surface area contributed by atoms with Gasteiger partial charge in [-0.2, -0.15) is 13.2 Å². The van der Waals surface area contributed by atoms with Crippen LogP contribution in [0.5, 0.6) is 0 Å². The van der Waals surface area contributed by atoms with Gasteiger partial charge in [0.15, 0.2) is 0 Å². The third kappa shape index (κ3) is 3.65. The van der Waals surface area contributed by atoms with Gasteiger partial charge in [0.1, 0.15) is 5.82 Å². The van der Waals surface area contributed by atoms with Crippen molar-refractivity contribution in [1.29, 1.82) is 0 Å². The number of carboxylic acid groups (broad SMARTS) is 1. The van der Waals surface area contributed by atoms with Crippen LogP contribution in [0.15, 0.2) is 48.8 Å². The van der Waals surface area contributed by atoms with Crippen LogP contribution in [0.25, 0.3) is 22.2 Å². The molecule has 0 aliphatic carbocycles. The third-order valence-electron chi connectivity index (χ3n) is 3.08. The molecule has 0 unspecified atom stereocenters. The molecule has 2 aromatic heterocycles. The minimum absolute atomic E-state index is 0.250. The molecule has 0 radical (unpaired) electrons. The molecule has 1 N–H and O–H groups in total. The molecule has 24 heavy (non-hydrogen) atoms. The lowest BCUT2D eigenvalue weighted by Gasteiger charge is -2.10. The fourth-order valence-corrected chi connectivity index (χ4v) is 2.12. The minimum Gasteiger partial charge on any atom is -0.483 e. The zero-order valence-electron chi connectivity index (χ0n) is 12.0. The van der Waals surface area contributed by atoms with Gasteiger partial charge in [-0.05, 0) is 30.3 Å². The smallest absolute Gasteiger partial charge is 0.419 e. The number of hydrogen-bond acceptors (Lipinski definition) is 3. The molecule has 0 atom stereocenters. The first-order valence-electron chi connectivity index (χ1n) is 6.53. The van der Waals surface area contributed by atoms with Crippen LogP contribution >= 0.6 is 0 Å². The van der Waals surface area contributed by atoms with Gasteiger partial charge in [-0.3, -0.25) is 14.8 Å². The van der Waals surface area contributed by atoms with E-state index in [4.69, 9.17) is 9.90 Å². The Morgan fingerprint density at radius 3 is 2.38 bits per heavy atom. The SMILES string of the molecule is Fc1cc(-c2nccc3ncccc23)ccc1C(F)(F)F.O=CO. The predicted molar refractivity (Wildman–Crippen MR) is 78.6 cm³/mol. The summed E-state index contributed by atoms with van der Waals surface area (Å²) in [7, 11) is 0. The van der Waals surface area contributed by atoms with Crippen molar-refractivity contribution in [2.75, 3.05) is 0 Å². The summed E-state index contributed by atoms with van der Waals surface area (Å²) in [6.07, 6.45) is -1.63. The van der Waals surface area contributed by atoms with Gasteiger partial charge < -0.3 is 5.11 Å². The summed E-state index contributed by atoms with van der Waals surface area (Å²) >= 11 is 0. The highest BCUT2D eigenvalue weighted by atomic mass is 19.4. The summed E-state index contributed by atoms with van der Waals surface area (Å²) in [5.74, 6) is -1.32. The fourth-order valence-electron chi connectivity index (χ4n) is 2.12. The molecular formula is C16H10F4N2O2. The second kappa shape index (κ2) is 7.03. The van der Waals surface area contributed by atoms with Gasteiger partial charge in [-0.1, -0.05) is 6.07 Å². The maximum Gasteiger partial charge on any atom is 0.419 e. The van der Waals surface area contributed by atoms with Crippen molar-refractivity contribution in [1.82, 2.24) is 9.97 Å². The molecule has 0 aliphatic rings. The van der Waals surface area contributed by atoms with Crippen LogP contribution in [0.2, 0.25) is 0 Å². The van der Waals surface area contributed by atoms with E-state index in [2.05, 4.69) is 9.97 Å². The van der Waals surface area contributed by atoms with Crippen LogP contribution in [0, 0.1) is 5.82 Å². The van der Waals surface area contributed by atoms with Gasteiger partial charge in [0.25, 0.3) is 6.47 Å². The number of hydrogen-bond donors (Lipinski definition) is 1. The number of halogens is 4. The molecule has 124 valence electrons. The summed E-state index contributed by atoms with van der Waals surface area (Å²) in [6.45, 7) is -0.250. The van der Waals surface area contributed by atoms with Crippen molar-refractivity contribution in [3.63, 3.8) is 0 Å². The number of nitrogens with zero attached hydrogens (tertiary/aromatic N) is 2. The average molecular weight is 338 g/mol. The van der Waals surface area contributed by atoms with E-state index in [0.29, 0.717) is 16.6 Å². The van der Waals surface area contributed by atoms with Gasteiger partial charge in [-0.25, -0.2) is 4.39 Å². The van der Waals surface area contributed by atoms with Crippen LogP contribution < -0.4 is 0 Å². The van der Waals surface area contributed by atoms with E-state index < -0.39 is 17.6 Å². The number of aromatic nitrogens is 2. The Morgan fingerprint density at radius 2 is 1.75 bits per heavy atom. The summed E-state index contributed by atoms with van der Waals surface area (Å²) in [6, 6.07) is 7.88. The van der Waals surface area contributed by atoms with Crippen molar-refractivity contribution >= 4 is 17.4 Å². The first-order valence-corrected chi connectivity index (χ1v) is 6.53. The predicted octanol–water partition coefficient (Wildman–Crippen LogP) is 4.16. The Morgan fingerprint density at radius 1 is 1.04 bits per heavy atom. The van der Waals surface area contributed by atoms with Gasteiger partial charge in [0, 0.05) is 23.3 Å². The average Bonchev–Trinajstić information content (AvgIpc) is 2.54. The van der Waals surface area contributed by atoms with Crippen LogP contribution in [-0.4, -0.2) is 21.5 Å². The van der Waals surface area contributed by atoms with E-state index in [1.165, 1.54) is 12.3 Å². The van der Waals surface area contributed by atoms with Gasteiger partial charge in [0.05, 0.1) is 16.8 Å². The van der Waals surface area contributed by atoms with Crippen molar-refractivity contribution in [3.8, 4) is 11.3 Å². The number of fused-ring (bicyclic) bond motifs is 1. The summed E-state index contributed by atoms with van der Waals surface area (Å²) < 4.78 is 51.4. The molecule has 1 aromatic carbocycles. The minimum atomic E-state index is -4.71. The molecule has 3 aromatic rings. The van der Waals surface area contributed by atoms with Crippen molar-refractivity contribution in [2.24, 2.45) is 0 Å². The van der Waals surface area contributed by atoms with E-state index in [0.717, 1.165) is 12.1 Å². The van der Waals surface area contributed by atoms with Crippen LogP contribution in [0.1, 0.15) is 5.56 Å². The van der Waals surface area contributed by atoms with Gasteiger partial charge in [0.2, 0.25) is 0 Å². The summed E-state index contributed by atoms with van der Waals surface area (Å²) in [4.78, 5) is 16.6. The Hall–Kier alpha value is -3.03. The molecule has 0 saturated heterocycles. The lowest BCUT2D eigenvalue weighted by molar-refractivity contribution is -0.140. The van der Waals surface area contributed by atoms with E-state index >= 15 is 0 Å². The molecule has 0 saturated carbocycles. The monoisotopic (exact) mass is 338 g/mol. The third-order valence-corrected chi connectivity index (χ3v) is 3.08. The molecule has 3 rings (SSSR count). The van der Waals surface area contributed by atoms with Crippen molar-refractivity contribution < 1.29 is 27.5 Å². The zero-order chi connectivity index (χ0) is 17.7. The lowest BCUT2D eigenvalue weighted by atomic mass is 10.0. The highest BCUT2D eigenvalue weighted by Gasteiger charge is 2.34. The highest BCUT2D eigenvalue weighted by Crippen LogP contribution is 2.34. The number of pyridine rings is 2. The second-order valence-corrected chi connectivity index (χ2v) is 4.53. The second-order valence-electron chi connectivity index (χ2n) is 4.53.